The standard InChI is InChI=1S/2C10H18O4S/c2*1-6(2)13-9(11)5-8(15)10(12)14-7(3)4/h2*6-8,15H,5H2,1-4H3. The summed E-state index contributed by atoms with van der Waals surface area (Å²) >= 11 is 7.97. The molecule has 0 rings (SSSR count). The number of carbonyl (C=O) groups is 4. The molecule has 0 radical (unpaired) electrons. The molecule has 2 unspecified atom stereocenters. The van der Waals surface area contributed by atoms with Gasteiger partial charge >= 0.3 is 23.9 Å². The van der Waals surface area contributed by atoms with Crippen molar-refractivity contribution in [2.75, 3.05) is 0 Å². The molecule has 30 heavy (non-hydrogen) atoms. The zero-order chi connectivity index (χ0) is 24.0. The van der Waals surface area contributed by atoms with Crippen molar-refractivity contribution in [3.63, 3.8) is 0 Å². The Morgan fingerprint density at radius 3 is 0.967 bits per heavy atom. The molecule has 0 saturated carbocycles. The van der Waals surface area contributed by atoms with Gasteiger partial charge in [0.1, 0.15) is 10.5 Å². The molecule has 176 valence electrons. The monoisotopic (exact) mass is 468 g/mol. The summed E-state index contributed by atoms with van der Waals surface area (Å²) in [7, 11) is 0. The van der Waals surface area contributed by atoms with Crippen LogP contribution >= 0.6 is 25.3 Å². The molecule has 0 aromatic heterocycles. The van der Waals surface area contributed by atoms with Crippen LogP contribution in [0.5, 0.6) is 0 Å². The first kappa shape index (κ1) is 30.8. The summed E-state index contributed by atoms with van der Waals surface area (Å²) in [6, 6.07) is 0. The van der Waals surface area contributed by atoms with Crippen LogP contribution in [-0.4, -0.2) is 58.8 Å². The van der Waals surface area contributed by atoms with Gasteiger partial charge in [0.05, 0.1) is 37.3 Å². The van der Waals surface area contributed by atoms with E-state index in [1.165, 1.54) is 0 Å². The number of thiol groups is 2. The molecule has 0 aliphatic rings. The van der Waals surface area contributed by atoms with E-state index in [0.717, 1.165) is 0 Å². The Balaban J connectivity index is 0. The molecule has 0 saturated heterocycles. The van der Waals surface area contributed by atoms with Crippen molar-refractivity contribution in [2.45, 2.75) is 103 Å². The average Bonchev–Trinajstić information content (AvgIpc) is 2.52. The van der Waals surface area contributed by atoms with Crippen LogP contribution in [0.2, 0.25) is 0 Å². The second kappa shape index (κ2) is 16.3. The minimum atomic E-state index is -0.751. The molecule has 0 aliphatic heterocycles. The van der Waals surface area contributed by atoms with E-state index in [2.05, 4.69) is 25.3 Å². The number of hydrogen-bond acceptors (Lipinski definition) is 10. The second-order valence-corrected chi connectivity index (χ2v) is 8.74. The van der Waals surface area contributed by atoms with Crippen molar-refractivity contribution in [2.24, 2.45) is 0 Å². The van der Waals surface area contributed by atoms with E-state index in [1.54, 1.807) is 55.4 Å². The topological polar surface area (TPSA) is 105 Å². The van der Waals surface area contributed by atoms with Crippen LogP contribution < -0.4 is 0 Å². The molecule has 0 N–H and O–H groups in total. The highest BCUT2D eigenvalue weighted by atomic mass is 32.1. The lowest BCUT2D eigenvalue weighted by molar-refractivity contribution is -0.153. The van der Waals surface area contributed by atoms with E-state index < -0.39 is 34.4 Å². The molecule has 8 nitrogen and oxygen atoms in total. The van der Waals surface area contributed by atoms with Crippen LogP contribution in [0.15, 0.2) is 0 Å². The summed E-state index contributed by atoms with van der Waals surface area (Å²) in [6.07, 6.45) is -0.889. The number of esters is 4. The smallest absolute Gasteiger partial charge is 0.319 e. The first-order chi connectivity index (χ1) is 13.6. The fourth-order valence-corrected chi connectivity index (χ4v) is 2.15. The van der Waals surface area contributed by atoms with Crippen LogP contribution in [-0.2, 0) is 38.1 Å². The maximum atomic E-state index is 11.3. The van der Waals surface area contributed by atoms with Crippen molar-refractivity contribution in [3.8, 4) is 0 Å². The van der Waals surface area contributed by atoms with E-state index in [0.29, 0.717) is 0 Å². The van der Waals surface area contributed by atoms with Crippen LogP contribution in [0.25, 0.3) is 0 Å². The van der Waals surface area contributed by atoms with Crippen LogP contribution in [0.1, 0.15) is 68.2 Å². The normalized spacial score (nSPS) is 12.7. The van der Waals surface area contributed by atoms with Gasteiger partial charge in [0.2, 0.25) is 0 Å². The summed E-state index contributed by atoms with van der Waals surface area (Å²) in [4.78, 5) is 44.9. The number of rotatable bonds is 10. The highest BCUT2D eigenvalue weighted by Crippen LogP contribution is 2.09. The minimum Gasteiger partial charge on any atom is -0.463 e. The van der Waals surface area contributed by atoms with Gasteiger partial charge in [-0.15, -0.1) is 0 Å². The van der Waals surface area contributed by atoms with Crippen molar-refractivity contribution in [3.05, 3.63) is 0 Å². The third-order valence-electron chi connectivity index (χ3n) is 2.70. The molecule has 0 aliphatic carbocycles. The van der Waals surface area contributed by atoms with Crippen molar-refractivity contribution >= 4 is 49.1 Å². The Morgan fingerprint density at radius 2 is 0.767 bits per heavy atom. The third kappa shape index (κ3) is 18.6. The SMILES string of the molecule is CC(C)OC(=O)CC(S)C(=O)OC(C)C.CC(C)OC(=O)CC(S)C(=O)OC(C)C. The van der Waals surface area contributed by atoms with E-state index >= 15 is 0 Å². The fourth-order valence-electron chi connectivity index (χ4n) is 1.73. The quantitative estimate of drug-likeness (QED) is 0.286. The predicted octanol–water partition coefficient (Wildman–Crippen LogP) is 3.16. The van der Waals surface area contributed by atoms with Gasteiger partial charge in [-0.25, -0.2) is 0 Å². The first-order valence-electron chi connectivity index (χ1n) is 9.81. The molecule has 2 atom stereocenters. The summed E-state index contributed by atoms with van der Waals surface area (Å²) < 4.78 is 19.6. The third-order valence-corrected chi connectivity index (χ3v) is 3.49. The zero-order valence-electron chi connectivity index (χ0n) is 19.0. The lowest BCUT2D eigenvalue weighted by Crippen LogP contribution is -2.25. The lowest BCUT2D eigenvalue weighted by atomic mass is 10.3. The van der Waals surface area contributed by atoms with Gasteiger partial charge < -0.3 is 18.9 Å². The Bertz CT molecular complexity index is 499. The van der Waals surface area contributed by atoms with E-state index in [4.69, 9.17) is 18.9 Å². The molecular weight excluding hydrogens is 432 g/mol. The van der Waals surface area contributed by atoms with Gasteiger partial charge in [-0.3, -0.25) is 19.2 Å². The summed E-state index contributed by atoms with van der Waals surface area (Å²) in [5.74, 6) is -1.86. The fraction of sp³-hybridized carbons (Fsp3) is 0.800. The second-order valence-electron chi connectivity index (χ2n) is 7.49. The Kier molecular flexibility index (Phi) is 16.7. The van der Waals surface area contributed by atoms with Crippen LogP contribution in [0.3, 0.4) is 0 Å². The largest absolute Gasteiger partial charge is 0.463 e. The highest BCUT2D eigenvalue weighted by Gasteiger charge is 2.22. The molecule has 0 heterocycles. The van der Waals surface area contributed by atoms with Gasteiger partial charge in [0, 0.05) is 0 Å². The molecule has 0 bridgehead atoms. The first-order valence-corrected chi connectivity index (χ1v) is 10.8. The lowest BCUT2D eigenvalue weighted by Gasteiger charge is -2.13. The van der Waals surface area contributed by atoms with E-state index in [-0.39, 0.29) is 37.3 Å². The predicted molar refractivity (Wildman–Crippen MR) is 120 cm³/mol. The Hall–Kier alpha value is -1.42. The van der Waals surface area contributed by atoms with Crippen molar-refractivity contribution in [1.29, 1.82) is 0 Å². The Labute approximate surface area is 190 Å². The highest BCUT2D eigenvalue weighted by molar-refractivity contribution is 7.82. The average molecular weight is 469 g/mol. The van der Waals surface area contributed by atoms with Gasteiger partial charge in [-0.2, -0.15) is 25.3 Å². The molecular formula is C20H36O8S2. The van der Waals surface area contributed by atoms with E-state index in [9.17, 15) is 19.2 Å². The molecule has 0 spiro atoms. The number of ether oxygens (including phenoxy) is 4. The molecule has 0 aromatic rings. The van der Waals surface area contributed by atoms with Gasteiger partial charge in [-0.05, 0) is 55.4 Å². The Morgan fingerprint density at radius 1 is 0.533 bits per heavy atom. The van der Waals surface area contributed by atoms with Crippen molar-refractivity contribution in [1.82, 2.24) is 0 Å². The maximum absolute atomic E-state index is 11.3. The zero-order valence-corrected chi connectivity index (χ0v) is 20.8. The number of hydrogen-bond donors (Lipinski definition) is 2. The molecule has 0 amide bonds. The maximum Gasteiger partial charge on any atom is 0.319 e. The van der Waals surface area contributed by atoms with E-state index in [1.807, 2.05) is 0 Å². The molecule has 10 heteroatoms. The summed E-state index contributed by atoms with van der Waals surface area (Å²) in [5, 5.41) is -1.50. The summed E-state index contributed by atoms with van der Waals surface area (Å²) in [5.41, 5.74) is 0. The van der Waals surface area contributed by atoms with Crippen molar-refractivity contribution < 1.29 is 38.1 Å². The van der Waals surface area contributed by atoms with Crippen LogP contribution in [0, 0.1) is 0 Å². The van der Waals surface area contributed by atoms with Gasteiger partial charge in [0.15, 0.2) is 0 Å². The van der Waals surface area contributed by atoms with Gasteiger partial charge in [-0.1, -0.05) is 0 Å². The summed E-state index contributed by atoms with van der Waals surface area (Å²) in [6.45, 7) is 14.0. The minimum absolute atomic E-state index is 0.0627. The number of carbonyl (C=O) groups excluding carboxylic acids is 4. The molecule has 0 aromatic carbocycles. The van der Waals surface area contributed by atoms with Gasteiger partial charge in [0.25, 0.3) is 0 Å². The molecule has 0 fully saturated rings. The van der Waals surface area contributed by atoms with Crippen LogP contribution in [0.4, 0.5) is 0 Å².